The van der Waals surface area contributed by atoms with Crippen molar-refractivity contribution in [1.29, 1.82) is 0 Å². The fourth-order valence-corrected chi connectivity index (χ4v) is 3.93. The number of anilines is 1. The van der Waals surface area contributed by atoms with Gasteiger partial charge in [0, 0.05) is 6.04 Å². The number of rotatable bonds is 3. The normalized spacial score (nSPS) is 23.1. The minimum Gasteiger partial charge on any atom is -0.477 e. The van der Waals surface area contributed by atoms with E-state index in [4.69, 9.17) is 5.11 Å². The van der Waals surface area contributed by atoms with E-state index in [1.54, 1.807) is 0 Å². The van der Waals surface area contributed by atoms with Gasteiger partial charge in [0.15, 0.2) is 15.0 Å². The SMILES string of the molecule is O=C(O)c1cnc(NC2CCS(=O)(=O)C2)s1. The van der Waals surface area contributed by atoms with Gasteiger partial charge in [-0.15, -0.1) is 0 Å². The van der Waals surface area contributed by atoms with E-state index in [0.717, 1.165) is 11.3 Å². The summed E-state index contributed by atoms with van der Waals surface area (Å²) in [5.74, 6) is -0.749. The van der Waals surface area contributed by atoms with Crippen molar-refractivity contribution in [2.45, 2.75) is 12.5 Å². The van der Waals surface area contributed by atoms with E-state index in [0.29, 0.717) is 11.6 Å². The maximum absolute atomic E-state index is 11.2. The van der Waals surface area contributed by atoms with Gasteiger partial charge in [-0.1, -0.05) is 11.3 Å². The molecule has 6 nitrogen and oxygen atoms in total. The molecule has 1 aromatic rings. The van der Waals surface area contributed by atoms with E-state index in [1.807, 2.05) is 0 Å². The molecule has 1 aromatic heterocycles. The molecule has 1 aliphatic heterocycles. The van der Waals surface area contributed by atoms with Crippen molar-refractivity contribution in [1.82, 2.24) is 4.98 Å². The Balaban J connectivity index is 2.02. The van der Waals surface area contributed by atoms with Gasteiger partial charge in [0.1, 0.15) is 4.88 Å². The van der Waals surface area contributed by atoms with Crippen LogP contribution in [0.5, 0.6) is 0 Å². The summed E-state index contributed by atoms with van der Waals surface area (Å²) in [5.41, 5.74) is 0. The number of carbonyl (C=O) groups is 1. The lowest BCUT2D eigenvalue weighted by Crippen LogP contribution is -2.20. The Morgan fingerprint density at radius 1 is 1.62 bits per heavy atom. The summed E-state index contributed by atoms with van der Waals surface area (Å²) >= 11 is 1.01. The molecule has 88 valence electrons. The highest BCUT2D eigenvalue weighted by molar-refractivity contribution is 7.91. The maximum Gasteiger partial charge on any atom is 0.347 e. The van der Waals surface area contributed by atoms with Crippen LogP contribution in [-0.2, 0) is 9.84 Å². The van der Waals surface area contributed by atoms with Crippen LogP contribution in [0.2, 0.25) is 0 Å². The lowest BCUT2D eigenvalue weighted by molar-refractivity contribution is 0.0702. The average Bonchev–Trinajstić information content (AvgIpc) is 2.73. The molecule has 0 aliphatic carbocycles. The van der Waals surface area contributed by atoms with Gasteiger partial charge in [0.2, 0.25) is 0 Å². The lowest BCUT2D eigenvalue weighted by Gasteiger charge is -2.07. The van der Waals surface area contributed by atoms with Crippen molar-refractivity contribution in [2.75, 3.05) is 16.8 Å². The van der Waals surface area contributed by atoms with Gasteiger partial charge in [0.25, 0.3) is 0 Å². The molecule has 0 spiro atoms. The second-order valence-electron chi connectivity index (χ2n) is 3.58. The van der Waals surface area contributed by atoms with E-state index in [1.165, 1.54) is 6.20 Å². The van der Waals surface area contributed by atoms with Crippen molar-refractivity contribution >= 4 is 32.3 Å². The first kappa shape index (κ1) is 11.3. The summed E-state index contributed by atoms with van der Waals surface area (Å²) in [4.78, 5) is 14.6. The van der Waals surface area contributed by atoms with Gasteiger partial charge in [-0.3, -0.25) is 0 Å². The molecule has 0 radical (unpaired) electrons. The van der Waals surface area contributed by atoms with Crippen LogP contribution in [0.25, 0.3) is 0 Å². The van der Waals surface area contributed by atoms with Crippen molar-refractivity contribution in [3.63, 3.8) is 0 Å². The quantitative estimate of drug-likeness (QED) is 0.820. The molecule has 8 heteroatoms. The molecule has 2 heterocycles. The fraction of sp³-hybridized carbons (Fsp3) is 0.500. The van der Waals surface area contributed by atoms with Crippen LogP contribution in [0, 0.1) is 0 Å². The number of carboxylic acids is 1. The Labute approximate surface area is 96.2 Å². The Morgan fingerprint density at radius 3 is 2.88 bits per heavy atom. The van der Waals surface area contributed by atoms with Gasteiger partial charge >= 0.3 is 5.97 Å². The summed E-state index contributed by atoms with van der Waals surface area (Å²) in [6.07, 6.45) is 1.81. The van der Waals surface area contributed by atoms with E-state index in [9.17, 15) is 13.2 Å². The van der Waals surface area contributed by atoms with Crippen LogP contribution in [0.15, 0.2) is 6.20 Å². The molecule has 1 atom stereocenters. The molecule has 0 saturated carbocycles. The lowest BCUT2D eigenvalue weighted by atomic mass is 10.3. The third-order valence-electron chi connectivity index (χ3n) is 2.28. The van der Waals surface area contributed by atoms with Crippen LogP contribution < -0.4 is 5.32 Å². The van der Waals surface area contributed by atoms with Crippen LogP contribution in [0.4, 0.5) is 5.13 Å². The zero-order chi connectivity index (χ0) is 11.8. The smallest absolute Gasteiger partial charge is 0.347 e. The first-order valence-corrected chi connectivity index (χ1v) is 7.26. The number of sulfone groups is 1. The number of thiazole rings is 1. The Hall–Kier alpha value is -1.15. The van der Waals surface area contributed by atoms with Gasteiger partial charge in [-0.05, 0) is 6.42 Å². The summed E-state index contributed by atoms with van der Waals surface area (Å²) in [5, 5.41) is 12.1. The molecular formula is C8H10N2O4S2. The number of hydrogen-bond acceptors (Lipinski definition) is 6. The predicted octanol–water partition coefficient (Wildman–Crippen LogP) is 0.440. The molecule has 0 aromatic carbocycles. The Morgan fingerprint density at radius 2 is 2.38 bits per heavy atom. The standard InChI is InChI=1S/C8H10N2O4S2/c11-7(12)6-3-9-8(15-6)10-5-1-2-16(13,14)4-5/h3,5H,1-2,4H2,(H,9,10)(H,11,12). The van der Waals surface area contributed by atoms with E-state index in [2.05, 4.69) is 10.3 Å². The van der Waals surface area contributed by atoms with Gasteiger partial charge in [-0.2, -0.15) is 0 Å². The first-order chi connectivity index (χ1) is 7.46. The molecule has 1 saturated heterocycles. The molecule has 2 rings (SSSR count). The van der Waals surface area contributed by atoms with Crippen molar-refractivity contribution in [3.05, 3.63) is 11.1 Å². The van der Waals surface area contributed by atoms with Crippen LogP contribution in [0.1, 0.15) is 16.1 Å². The number of aromatic carboxylic acids is 1. The highest BCUT2D eigenvalue weighted by atomic mass is 32.2. The fourth-order valence-electron chi connectivity index (χ4n) is 1.52. The van der Waals surface area contributed by atoms with E-state index < -0.39 is 15.8 Å². The zero-order valence-electron chi connectivity index (χ0n) is 8.21. The minimum absolute atomic E-state index is 0.0922. The first-order valence-electron chi connectivity index (χ1n) is 4.62. The number of nitrogens with one attached hydrogen (secondary N) is 1. The van der Waals surface area contributed by atoms with Crippen LogP contribution in [-0.4, -0.2) is 42.0 Å². The highest BCUT2D eigenvalue weighted by Gasteiger charge is 2.28. The third-order valence-corrected chi connectivity index (χ3v) is 4.96. The monoisotopic (exact) mass is 262 g/mol. The molecule has 0 amide bonds. The van der Waals surface area contributed by atoms with Gasteiger partial charge in [-0.25, -0.2) is 18.2 Å². The third kappa shape index (κ3) is 2.50. The zero-order valence-corrected chi connectivity index (χ0v) is 9.84. The van der Waals surface area contributed by atoms with E-state index in [-0.39, 0.29) is 22.4 Å². The van der Waals surface area contributed by atoms with Crippen molar-refractivity contribution in [2.24, 2.45) is 0 Å². The molecular weight excluding hydrogens is 252 g/mol. The van der Waals surface area contributed by atoms with Gasteiger partial charge < -0.3 is 10.4 Å². The predicted molar refractivity (Wildman–Crippen MR) is 59.8 cm³/mol. The summed E-state index contributed by atoms with van der Waals surface area (Å²) in [7, 11) is -2.93. The van der Waals surface area contributed by atoms with Crippen LogP contribution >= 0.6 is 11.3 Å². The highest BCUT2D eigenvalue weighted by Crippen LogP contribution is 2.22. The Kier molecular flexibility index (Phi) is 2.85. The number of carboxylic acid groups (broad SMARTS) is 1. The number of hydrogen-bond donors (Lipinski definition) is 2. The number of nitrogens with zero attached hydrogens (tertiary/aromatic N) is 1. The average molecular weight is 262 g/mol. The summed E-state index contributed by atoms with van der Waals surface area (Å²) in [6.45, 7) is 0. The molecule has 16 heavy (non-hydrogen) atoms. The molecule has 0 bridgehead atoms. The van der Waals surface area contributed by atoms with Crippen molar-refractivity contribution < 1.29 is 18.3 Å². The maximum atomic E-state index is 11.2. The summed E-state index contributed by atoms with van der Waals surface area (Å²) < 4.78 is 22.4. The molecule has 1 unspecified atom stereocenters. The number of aromatic nitrogens is 1. The molecule has 1 aliphatic rings. The Bertz CT molecular complexity index is 508. The van der Waals surface area contributed by atoms with Crippen LogP contribution in [0.3, 0.4) is 0 Å². The topological polar surface area (TPSA) is 96.4 Å². The summed E-state index contributed by atoms with van der Waals surface area (Å²) in [6, 6.07) is -0.155. The largest absolute Gasteiger partial charge is 0.477 e. The van der Waals surface area contributed by atoms with Crippen molar-refractivity contribution in [3.8, 4) is 0 Å². The molecule has 1 fully saturated rings. The second-order valence-corrected chi connectivity index (χ2v) is 6.84. The van der Waals surface area contributed by atoms with Gasteiger partial charge in [0.05, 0.1) is 17.7 Å². The minimum atomic E-state index is -2.93. The van der Waals surface area contributed by atoms with E-state index >= 15 is 0 Å². The molecule has 2 N–H and O–H groups in total. The second kappa shape index (κ2) is 4.02.